The van der Waals surface area contributed by atoms with Gasteiger partial charge in [-0.3, -0.25) is 0 Å². The van der Waals surface area contributed by atoms with Gasteiger partial charge in [-0.05, 0) is 32.4 Å². The molecule has 3 nitrogen and oxygen atoms in total. The van der Waals surface area contributed by atoms with Crippen LogP contribution in [0.25, 0.3) is 11.4 Å². The highest BCUT2D eigenvalue weighted by molar-refractivity contribution is 6.30. The molecule has 0 aliphatic heterocycles. The summed E-state index contributed by atoms with van der Waals surface area (Å²) in [4.78, 5) is 8.96. The van der Waals surface area contributed by atoms with Crippen LogP contribution in [0.3, 0.4) is 0 Å². The van der Waals surface area contributed by atoms with E-state index in [-0.39, 0.29) is 0 Å². The second kappa shape index (κ2) is 6.02. The highest BCUT2D eigenvalue weighted by Crippen LogP contribution is 2.29. The van der Waals surface area contributed by atoms with Crippen LogP contribution in [0.5, 0.6) is 5.75 Å². The first-order valence-electron chi connectivity index (χ1n) is 6.42. The Kier molecular flexibility index (Phi) is 4.38. The highest BCUT2D eigenvalue weighted by Gasteiger charge is 2.13. The molecule has 2 rings (SSSR count). The Morgan fingerprint density at radius 2 is 1.89 bits per heavy atom. The first kappa shape index (κ1) is 13.8. The number of hydrogen-bond donors (Lipinski definition) is 0. The lowest BCUT2D eigenvalue weighted by Crippen LogP contribution is -2.01. The molecule has 2 aromatic rings. The van der Waals surface area contributed by atoms with Crippen molar-refractivity contribution in [3.8, 4) is 17.1 Å². The predicted molar refractivity (Wildman–Crippen MR) is 77.8 cm³/mol. The van der Waals surface area contributed by atoms with E-state index in [1.54, 1.807) is 0 Å². The molecule has 0 radical (unpaired) electrons. The van der Waals surface area contributed by atoms with Gasteiger partial charge in [0, 0.05) is 11.3 Å². The Balaban J connectivity index is 2.56. The fourth-order valence-corrected chi connectivity index (χ4v) is 2.12. The van der Waals surface area contributed by atoms with Crippen molar-refractivity contribution >= 4 is 11.6 Å². The molecule has 0 N–H and O–H groups in total. The predicted octanol–water partition coefficient (Wildman–Crippen LogP) is 4.07. The van der Waals surface area contributed by atoms with Crippen LogP contribution in [0.4, 0.5) is 0 Å². The summed E-state index contributed by atoms with van der Waals surface area (Å²) >= 11 is 6.19. The molecule has 1 aromatic carbocycles. The van der Waals surface area contributed by atoms with Crippen molar-refractivity contribution in [2.24, 2.45) is 0 Å². The molecule has 1 aromatic heterocycles. The molecule has 19 heavy (non-hydrogen) atoms. The lowest BCUT2D eigenvalue weighted by Gasteiger charge is -2.11. The van der Waals surface area contributed by atoms with Crippen LogP contribution in [0.2, 0.25) is 5.15 Å². The number of ether oxygens (including phenoxy) is 1. The molecule has 0 bridgehead atoms. The van der Waals surface area contributed by atoms with Crippen molar-refractivity contribution in [2.45, 2.75) is 27.2 Å². The van der Waals surface area contributed by atoms with E-state index >= 15 is 0 Å². The smallest absolute Gasteiger partial charge is 0.164 e. The van der Waals surface area contributed by atoms with E-state index in [9.17, 15) is 0 Å². The molecular formula is C15H17ClN2O. The zero-order valence-corrected chi connectivity index (χ0v) is 12.2. The number of aryl methyl sites for hydroxylation is 1. The average molecular weight is 277 g/mol. The standard InChI is InChI=1S/C15H17ClN2O/c1-4-12-10(3)14(16)18-15(17-12)11-8-6-7-9-13(11)19-5-2/h6-9H,4-5H2,1-3H3. The number of para-hydroxylation sites is 1. The third kappa shape index (κ3) is 2.87. The van der Waals surface area contributed by atoms with Gasteiger partial charge in [-0.15, -0.1) is 0 Å². The van der Waals surface area contributed by atoms with Crippen LogP contribution in [0, 0.1) is 6.92 Å². The summed E-state index contributed by atoms with van der Waals surface area (Å²) in [6.45, 7) is 6.57. The van der Waals surface area contributed by atoms with Crippen molar-refractivity contribution in [2.75, 3.05) is 6.61 Å². The van der Waals surface area contributed by atoms with Crippen molar-refractivity contribution in [1.82, 2.24) is 9.97 Å². The molecule has 1 heterocycles. The van der Waals surface area contributed by atoms with Crippen LogP contribution in [-0.2, 0) is 6.42 Å². The Labute approximate surface area is 118 Å². The summed E-state index contributed by atoms with van der Waals surface area (Å²) in [5.74, 6) is 1.41. The maximum Gasteiger partial charge on any atom is 0.164 e. The van der Waals surface area contributed by atoms with Gasteiger partial charge in [0.25, 0.3) is 0 Å². The van der Waals surface area contributed by atoms with Crippen LogP contribution >= 0.6 is 11.6 Å². The first-order chi connectivity index (χ1) is 9.17. The quantitative estimate of drug-likeness (QED) is 0.790. The largest absolute Gasteiger partial charge is 0.493 e. The molecule has 4 heteroatoms. The van der Waals surface area contributed by atoms with E-state index in [1.807, 2.05) is 38.1 Å². The molecule has 0 amide bonds. The molecule has 0 aliphatic rings. The SMILES string of the molecule is CCOc1ccccc1-c1nc(Cl)c(C)c(CC)n1. The van der Waals surface area contributed by atoms with Gasteiger partial charge in [0.05, 0.1) is 12.2 Å². The van der Waals surface area contributed by atoms with E-state index < -0.39 is 0 Å². The maximum atomic E-state index is 6.19. The minimum atomic E-state index is 0.508. The lowest BCUT2D eigenvalue weighted by atomic mass is 10.1. The van der Waals surface area contributed by atoms with Gasteiger partial charge < -0.3 is 4.74 Å². The van der Waals surface area contributed by atoms with Crippen LogP contribution in [-0.4, -0.2) is 16.6 Å². The Bertz CT molecular complexity index is 584. The van der Waals surface area contributed by atoms with Crippen LogP contribution in [0.15, 0.2) is 24.3 Å². The van der Waals surface area contributed by atoms with Crippen molar-refractivity contribution in [3.05, 3.63) is 40.7 Å². The van der Waals surface area contributed by atoms with E-state index in [4.69, 9.17) is 16.3 Å². The number of halogens is 1. The Hall–Kier alpha value is -1.61. The van der Waals surface area contributed by atoms with Gasteiger partial charge in [0.2, 0.25) is 0 Å². The second-order valence-electron chi connectivity index (χ2n) is 4.19. The van der Waals surface area contributed by atoms with Gasteiger partial charge in [-0.1, -0.05) is 30.7 Å². The number of aromatic nitrogens is 2. The third-order valence-electron chi connectivity index (χ3n) is 2.95. The van der Waals surface area contributed by atoms with Gasteiger partial charge in [-0.25, -0.2) is 9.97 Å². The Morgan fingerprint density at radius 3 is 2.58 bits per heavy atom. The zero-order valence-electron chi connectivity index (χ0n) is 11.4. The highest BCUT2D eigenvalue weighted by atomic mass is 35.5. The maximum absolute atomic E-state index is 6.19. The summed E-state index contributed by atoms with van der Waals surface area (Å²) in [5.41, 5.74) is 2.80. The summed E-state index contributed by atoms with van der Waals surface area (Å²) in [5, 5.41) is 0.508. The van der Waals surface area contributed by atoms with E-state index in [1.165, 1.54) is 0 Å². The van der Waals surface area contributed by atoms with Crippen LogP contribution in [0.1, 0.15) is 25.1 Å². The minimum Gasteiger partial charge on any atom is -0.493 e. The van der Waals surface area contributed by atoms with E-state index in [2.05, 4.69) is 16.9 Å². The number of nitrogens with zero attached hydrogens (tertiary/aromatic N) is 2. The molecule has 0 saturated carbocycles. The number of benzene rings is 1. The van der Waals surface area contributed by atoms with Crippen LogP contribution < -0.4 is 4.74 Å². The summed E-state index contributed by atoms with van der Waals surface area (Å²) in [6, 6.07) is 7.75. The van der Waals surface area contributed by atoms with E-state index in [0.717, 1.165) is 29.0 Å². The monoisotopic (exact) mass is 276 g/mol. The topological polar surface area (TPSA) is 35.0 Å². The fraction of sp³-hybridized carbons (Fsp3) is 0.333. The van der Waals surface area contributed by atoms with Crippen molar-refractivity contribution in [3.63, 3.8) is 0 Å². The average Bonchev–Trinajstić information content (AvgIpc) is 2.43. The van der Waals surface area contributed by atoms with Gasteiger partial charge >= 0.3 is 0 Å². The lowest BCUT2D eigenvalue weighted by molar-refractivity contribution is 0.341. The molecule has 0 fully saturated rings. The minimum absolute atomic E-state index is 0.508. The molecule has 0 aliphatic carbocycles. The number of hydrogen-bond acceptors (Lipinski definition) is 3. The number of rotatable bonds is 4. The normalized spacial score (nSPS) is 10.5. The summed E-state index contributed by atoms with van der Waals surface area (Å²) in [7, 11) is 0. The van der Waals surface area contributed by atoms with Crippen molar-refractivity contribution < 1.29 is 4.74 Å². The fourth-order valence-electron chi connectivity index (χ4n) is 1.93. The van der Waals surface area contributed by atoms with Gasteiger partial charge in [0.1, 0.15) is 10.9 Å². The molecule has 0 unspecified atom stereocenters. The summed E-state index contributed by atoms with van der Waals surface area (Å²) < 4.78 is 5.61. The van der Waals surface area contributed by atoms with E-state index in [0.29, 0.717) is 17.6 Å². The molecular weight excluding hydrogens is 260 g/mol. The molecule has 0 saturated heterocycles. The first-order valence-corrected chi connectivity index (χ1v) is 6.80. The Morgan fingerprint density at radius 1 is 1.16 bits per heavy atom. The second-order valence-corrected chi connectivity index (χ2v) is 4.55. The molecule has 0 spiro atoms. The molecule has 100 valence electrons. The summed E-state index contributed by atoms with van der Waals surface area (Å²) in [6.07, 6.45) is 0.831. The van der Waals surface area contributed by atoms with Crippen molar-refractivity contribution in [1.29, 1.82) is 0 Å². The zero-order chi connectivity index (χ0) is 13.8. The molecule has 0 atom stereocenters. The van der Waals surface area contributed by atoms with Gasteiger partial charge in [-0.2, -0.15) is 0 Å². The third-order valence-corrected chi connectivity index (χ3v) is 3.32. The van der Waals surface area contributed by atoms with Gasteiger partial charge in [0.15, 0.2) is 5.82 Å².